The average Bonchev–Trinajstić information content (AvgIpc) is 2.29. The summed E-state index contributed by atoms with van der Waals surface area (Å²) in [5.41, 5.74) is 1.77. The van der Waals surface area contributed by atoms with Crippen molar-refractivity contribution in [2.24, 2.45) is 0 Å². The summed E-state index contributed by atoms with van der Waals surface area (Å²) < 4.78 is 0. The third kappa shape index (κ3) is 3.56. The minimum absolute atomic E-state index is 0.0663. The first-order valence-electron chi connectivity index (χ1n) is 5.98. The van der Waals surface area contributed by atoms with Gasteiger partial charge in [0, 0.05) is 13.1 Å². The SMILES string of the molecule is CNCCNC(=O)C(C)(C)c1ccc(C)cc1. The maximum Gasteiger partial charge on any atom is 0.230 e. The Bertz CT molecular complexity index is 368. The molecule has 0 saturated heterocycles. The monoisotopic (exact) mass is 234 g/mol. The second-order valence-corrected chi connectivity index (χ2v) is 4.85. The largest absolute Gasteiger partial charge is 0.354 e. The molecular formula is C14H22N2O. The third-order valence-corrected chi connectivity index (χ3v) is 3.00. The molecule has 0 aromatic heterocycles. The summed E-state index contributed by atoms with van der Waals surface area (Å²) in [4.78, 5) is 12.1. The lowest BCUT2D eigenvalue weighted by molar-refractivity contribution is -0.125. The van der Waals surface area contributed by atoms with Crippen LogP contribution in [0.5, 0.6) is 0 Å². The van der Waals surface area contributed by atoms with E-state index in [0.29, 0.717) is 6.54 Å². The third-order valence-electron chi connectivity index (χ3n) is 3.00. The molecule has 1 amide bonds. The van der Waals surface area contributed by atoms with Gasteiger partial charge in [0.05, 0.1) is 5.41 Å². The number of nitrogens with one attached hydrogen (secondary N) is 2. The quantitative estimate of drug-likeness (QED) is 0.760. The van der Waals surface area contributed by atoms with Gasteiger partial charge in [-0.2, -0.15) is 0 Å². The van der Waals surface area contributed by atoms with Crippen molar-refractivity contribution in [3.8, 4) is 0 Å². The highest BCUT2D eigenvalue weighted by atomic mass is 16.2. The van der Waals surface area contributed by atoms with Gasteiger partial charge in [0.1, 0.15) is 0 Å². The highest BCUT2D eigenvalue weighted by molar-refractivity contribution is 5.87. The van der Waals surface area contributed by atoms with Gasteiger partial charge in [-0.15, -0.1) is 0 Å². The molecule has 2 N–H and O–H groups in total. The van der Waals surface area contributed by atoms with Crippen molar-refractivity contribution in [3.05, 3.63) is 35.4 Å². The minimum atomic E-state index is -0.485. The van der Waals surface area contributed by atoms with Crippen molar-refractivity contribution in [1.82, 2.24) is 10.6 Å². The van der Waals surface area contributed by atoms with Gasteiger partial charge in [0.15, 0.2) is 0 Å². The molecule has 0 aliphatic carbocycles. The number of rotatable bonds is 5. The van der Waals surface area contributed by atoms with Gasteiger partial charge in [0.2, 0.25) is 5.91 Å². The average molecular weight is 234 g/mol. The predicted molar refractivity (Wildman–Crippen MR) is 71.1 cm³/mol. The molecule has 3 nitrogen and oxygen atoms in total. The van der Waals surface area contributed by atoms with Crippen LogP contribution in [0.2, 0.25) is 0 Å². The van der Waals surface area contributed by atoms with Gasteiger partial charge in [-0.3, -0.25) is 4.79 Å². The van der Waals surface area contributed by atoms with Crippen LogP contribution in [0.25, 0.3) is 0 Å². The Labute approximate surface area is 104 Å². The van der Waals surface area contributed by atoms with Gasteiger partial charge in [0.25, 0.3) is 0 Å². The van der Waals surface area contributed by atoms with Crippen LogP contribution in [0, 0.1) is 6.92 Å². The van der Waals surface area contributed by atoms with E-state index in [1.165, 1.54) is 5.56 Å². The van der Waals surface area contributed by atoms with E-state index in [2.05, 4.69) is 10.6 Å². The van der Waals surface area contributed by atoms with Crippen molar-refractivity contribution in [2.45, 2.75) is 26.2 Å². The summed E-state index contributed by atoms with van der Waals surface area (Å²) in [5.74, 6) is 0.0663. The molecule has 0 heterocycles. The zero-order chi connectivity index (χ0) is 12.9. The smallest absolute Gasteiger partial charge is 0.230 e. The first-order valence-corrected chi connectivity index (χ1v) is 5.98. The number of hydrogen-bond donors (Lipinski definition) is 2. The number of amides is 1. The molecule has 0 fully saturated rings. The van der Waals surface area contributed by atoms with E-state index in [1.54, 1.807) is 0 Å². The normalized spacial score (nSPS) is 11.3. The summed E-state index contributed by atoms with van der Waals surface area (Å²) >= 11 is 0. The number of likely N-dealkylation sites (N-methyl/N-ethyl adjacent to an activating group) is 1. The molecule has 0 radical (unpaired) electrons. The molecule has 0 saturated carbocycles. The summed E-state index contributed by atoms with van der Waals surface area (Å²) in [6.45, 7) is 7.39. The highest BCUT2D eigenvalue weighted by Crippen LogP contribution is 2.23. The second-order valence-electron chi connectivity index (χ2n) is 4.85. The van der Waals surface area contributed by atoms with Gasteiger partial charge in [-0.05, 0) is 33.4 Å². The van der Waals surface area contributed by atoms with E-state index < -0.39 is 5.41 Å². The molecule has 1 rings (SSSR count). The van der Waals surface area contributed by atoms with Gasteiger partial charge < -0.3 is 10.6 Å². The fraction of sp³-hybridized carbons (Fsp3) is 0.500. The number of carbonyl (C=O) groups excluding carboxylic acids is 1. The zero-order valence-corrected chi connectivity index (χ0v) is 11.1. The first-order chi connectivity index (χ1) is 7.98. The Kier molecular flexibility index (Phi) is 4.70. The summed E-state index contributed by atoms with van der Waals surface area (Å²) in [5, 5.41) is 5.94. The van der Waals surface area contributed by atoms with Crippen LogP contribution in [0.15, 0.2) is 24.3 Å². The maximum atomic E-state index is 12.1. The number of hydrogen-bond acceptors (Lipinski definition) is 2. The summed E-state index contributed by atoms with van der Waals surface area (Å²) in [6, 6.07) is 8.12. The lowest BCUT2D eigenvalue weighted by atomic mass is 9.83. The lowest BCUT2D eigenvalue weighted by Crippen LogP contribution is -2.42. The molecule has 1 aromatic rings. The molecule has 94 valence electrons. The van der Waals surface area contributed by atoms with Crippen LogP contribution in [0.4, 0.5) is 0 Å². The fourth-order valence-corrected chi connectivity index (χ4v) is 1.62. The van der Waals surface area contributed by atoms with E-state index in [0.717, 1.165) is 12.1 Å². The molecule has 0 spiro atoms. The molecule has 0 unspecified atom stereocenters. The Hall–Kier alpha value is -1.35. The standard InChI is InChI=1S/C14H22N2O/c1-11-5-7-12(8-6-11)14(2,3)13(17)16-10-9-15-4/h5-8,15H,9-10H2,1-4H3,(H,16,17). The molecule has 1 aromatic carbocycles. The van der Waals surface area contributed by atoms with Crippen molar-refractivity contribution in [2.75, 3.05) is 20.1 Å². The lowest BCUT2D eigenvalue weighted by Gasteiger charge is -2.24. The van der Waals surface area contributed by atoms with Gasteiger partial charge in [-0.1, -0.05) is 29.8 Å². The van der Waals surface area contributed by atoms with E-state index in [-0.39, 0.29) is 5.91 Å². The number of carbonyl (C=O) groups is 1. The topological polar surface area (TPSA) is 41.1 Å². The van der Waals surface area contributed by atoms with Crippen LogP contribution in [-0.2, 0) is 10.2 Å². The van der Waals surface area contributed by atoms with Crippen molar-refractivity contribution in [1.29, 1.82) is 0 Å². The van der Waals surface area contributed by atoms with Crippen LogP contribution in [-0.4, -0.2) is 26.0 Å². The van der Waals surface area contributed by atoms with Crippen LogP contribution < -0.4 is 10.6 Å². The summed E-state index contributed by atoms with van der Waals surface area (Å²) in [7, 11) is 1.87. The number of benzene rings is 1. The predicted octanol–water partition coefficient (Wildman–Crippen LogP) is 1.61. The Morgan fingerprint density at radius 1 is 1.18 bits per heavy atom. The minimum Gasteiger partial charge on any atom is -0.354 e. The van der Waals surface area contributed by atoms with Gasteiger partial charge >= 0.3 is 0 Å². The zero-order valence-electron chi connectivity index (χ0n) is 11.1. The Balaban J connectivity index is 2.72. The van der Waals surface area contributed by atoms with Crippen molar-refractivity contribution >= 4 is 5.91 Å². The van der Waals surface area contributed by atoms with Crippen LogP contribution in [0.1, 0.15) is 25.0 Å². The summed E-state index contributed by atoms with van der Waals surface area (Å²) in [6.07, 6.45) is 0. The Morgan fingerprint density at radius 3 is 2.29 bits per heavy atom. The van der Waals surface area contributed by atoms with Crippen LogP contribution >= 0.6 is 0 Å². The molecule has 0 aliphatic rings. The maximum absolute atomic E-state index is 12.1. The van der Waals surface area contributed by atoms with E-state index in [9.17, 15) is 4.79 Å². The Morgan fingerprint density at radius 2 is 1.76 bits per heavy atom. The molecule has 0 aliphatic heterocycles. The van der Waals surface area contributed by atoms with Crippen LogP contribution in [0.3, 0.4) is 0 Å². The molecule has 0 atom stereocenters. The molecule has 3 heteroatoms. The van der Waals surface area contributed by atoms with E-state index in [1.807, 2.05) is 52.1 Å². The highest BCUT2D eigenvalue weighted by Gasteiger charge is 2.29. The molecular weight excluding hydrogens is 212 g/mol. The van der Waals surface area contributed by atoms with Crippen molar-refractivity contribution < 1.29 is 4.79 Å². The number of aryl methyl sites for hydroxylation is 1. The van der Waals surface area contributed by atoms with E-state index in [4.69, 9.17) is 0 Å². The molecule has 0 bridgehead atoms. The second kappa shape index (κ2) is 5.82. The first kappa shape index (κ1) is 13.7. The van der Waals surface area contributed by atoms with Crippen molar-refractivity contribution in [3.63, 3.8) is 0 Å². The van der Waals surface area contributed by atoms with Gasteiger partial charge in [-0.25, -0.2) is 0 Å². The fourth-order valence-electron chi connectivity index (χ4n) is 1.62. The van der Waals surface area contributed by atoms with E-state index >= 15 is 0 Å². The molecule has 17 heavy (non-hydrogen) atoms.